The van der Waals surface area contributed by atoms with Gasteiger partial charge in [-0.25, -0.2) is 0 Å². The zero-order valence-electron chi connectivity index (χ0n) is 8.23. The third-order valence-corrected chi connectivity index (χ3v) is 2.81. The SMILES string of the molecule is CCC(S)N(C(=O)[O-])C(S)CC.[Na+]. The number of amides is 1. The molecule has 0 saturated carbocycles. The van der Waals surface area contributed by atoms with Crippen molar-refractivity contribution in [3.8, 4) is 0 Å². The number of thiol groups is 2. The van der Waals surface area contributed by atoms with Gasteiger partial charge in [-0.3, -0.25) is 0 Å². The summed E-state index contributed by atoms with van der Waals surface area (Å²) in [5, 5.41) is 9.97. The second-order valence-corrected chi connectivity index (χ2v) is 3.64. The fourth-order valence-corrected chi connectivity index (χ4v) is 1.45. The molecule has 0 radical (unpaired) electrons. The molecule has 13 heavy (non-hydrogen) atoms. The minimum absolute atomic E-state index is 0. The van der Waals surface area contributed by atoms with Gasteiger partial charge in [-0.1, -0.05) is 13.8 Å². The van der Waals surface area contributed by atoms with Crippen molar-refractivity contribution in [2.24, 2.45) is 0 Å². The average Bonchev–Trinajstić information content (AvgIpc) is 2.03. The summed E-state index contributed by atoms with van der Waals surface area (Å²) in [6.45, 7) is 3.73. The number of carbonyl (C=O) groups is 1. The molecule has 0 heterocycles. The molecule has 2 unspecified atom stereocenters. The summed E-state index contributed by atoms with van der Waals surface area (Å²) in [7, 11) is 0. The summed E-state index contributed by atoms with van der Waals surface area (Å²) in [6.07, 6.45) is 0.0844. The van der Waals surface area contributed by atoms with Gasteiger partial charge >= 0.3 is 29.6 Å². The standard InChI is InChI=1S/C7H15NO2S2.Na/c1-3-5(11)8(7(9)10)6(12)4-2;/h5-6,11-12H,3-4H2,1-2H3,(H,9,10);/q;+1/p-1. The van der Waals surface area contributed by atoms with Crippen LogP contribution in [0.3, 0.4) is 0 Å². The van der Waals surface area contributed by atoms with Crippen LogP contribution in [0.25, 0.3) is 0 Å². The van der Waals surface area contributed by atoms with Gasteiger partial charge < -0.3 is 14.8 Å². The van der Waals surface area contributed by atoms with E-state index in [1.807, 2.05) is 13.8 Å². The van der Waals surface area contributed by atoms with Crippen LogP contribution < -0.4 is 34.7 Å². The van der Waals surface area contributed by atoms with Crippen molar-refractivity contribution in [2.75, 3.05) is 0 Å². The fourth-order valence-electron chi connectivity index (χ4n) is 0.835. The summed E-state index contributed by atoms with van der Waals surface area (Å²) in [4.78, 5) is 11.8. The van der Waals surface area contributed by atoms with Crippen LogP contribution in [0.4, 0.5) is 4.79 Å². The first-order valence-corrected chi connectivity index (χ1v) is 4.93. The van der Waals surface area contributed by atoms with Gasteiger partial charge in [-0.15, -0.1) is 0 Å². The zero-order chi connectivity index (χ0) is 9.72. The van der Waals surface area contributed by atoms with Crippen molar-refractivity contribution in [2.45, 2.75) is 37.4 Å². The third kappa shape index (κ3) is 5.42. The van der Waals surface area contributed by atoms with E-state index in [0.717, 1.165) is 4.90 Å². The van der Waals surface area contributed by atoms with E-state index < -0.39 is 6.09 Å². The second-order valence-electron chi connectivity index (χ2n) is 2.45. The van der Waals surface area contributed by atoms with Gasteiger partial charge in [0.2, 0.25) is 0 Å². The topological polar surface area (TPSA) is 43.4 Å². The maximum atomic E-state index is 10.6. The predicted octanol–water partition coefficient (Wildman–Crippen LogP) is -2.03. The fraction of sp³-hybridized carbons (Fsp3) is 0.857. The molecule has 6 heteroatoms. The first-order valence-electron chi connectivity index (χ1n) is 3.90. The van der Waals surface area contributed by atoms with E-state index in [2.05, 4.69) is 25.3 Å². The molecule has 0 fully saturated rings. The summed E-state index contributed by atoms with van der Waals surface area (Å²) >= 11 is 8.23. The molecule has 0 aliphatic rings. The molecule has 0 N–H and O–H groups in total. The third-order valence-electron chi connectivity index (χ3n) is 1.58. The maximum absolute atomic E-state index is 10.6. The number of hydrogen-bond donors (Lipinski definition) is 2. The molecule has 2 atom stereocenters. The molecule has 0 aliphatic heterocycles. The molecule has 0 aromatic rings. The van der Waals surface area contributed by atoms with Crippen molar-refractivity contribution in [1.29, 1.82) is 0 Å². The van der Waals surface area contributed by atoms with Gasteiger partial charge in [-0.05, 0) is 12.8 Å². The Morgan fingerprint density at radius 2 is 1.62 bits per heavy atom. The van der Waals surface area contributed by atoms with Crippen molar-refractivity contribution in [3.63, 3.8) is 0 Å². The molecular formula is C7H14NNaO2S2. The molecule has 0 aromatic carbocycles. The predicted molar refractivity (Wildman–Crippen MR) is 53.4 cm³/mol. The van der Waals surface area contributed by atoms with Gasteiger partial charge in [0, 0.05) is 0 Å². The van der Waals surface area contributed by atoms with E-state index >= 15 is 0 Å². The van der Waals surface area contributed by atoms with E-state index in [1.54, 1.807) is 0 Å². The van der Waals surface area contributed by atoms with E-state index in [0.29, 0.717) is 12.8 Å². The van der Waals surface area contributed by atoms with Gasteiger partial charge in [0.15, 0.2) is 0 Å². The molecule has 0 bridgehead atoms. The van der Waals surface area contributed by atoms with Crippen LogP contribution in [0, 0.1) is 0 Å². The first-order chi connectivity index (χ1) is 5.54. The number of carboxylic acid groups (broad SMARTS) is 1. The number of nitrogens with zero attached hydrogens (tertiary/aromatic N) is 1. The van der Waals surface area contributed by atoms with Crippen LogP contribution in [0.5, 0.6) is 0 Å². The van der Waals surface area contributed by atoms with E-state index in [4.69, 9.17) is 0 Å². The van der Waals surface area contributed by atoms with E-state index in [-0.39, 0.29) is 40.3 Å². The Morgan fingerprint density at radius 1 is 1.31 bits per heavy atom. The minimum atomic E-state index is -1.21. The number of rotatable bonds is 4. The molecule has 72 valence electrons. The number of carbonyl (C=O) groups excluding carboxylic acids is 1. The van der Waals surface area contributed by atoms with Gasteiger partial charge in [0.05, 0.1) is 10.7 Å². The minimum Gasteiger partial charge on any atom is -0.530 e. The Labute approximate surface area is 112 Å². The molecule has 3 nitrogen and oxygen atoms in total. The van der Waals surface area contributed by atoms with Crippen molar-refractivity contribution < 1.29 is 39.5 Å². The van der Waals surface area contributed by atoms with Crippen molar-refractivity contribution in [1.82, 2.24) is 4.90 Å². The Hall–Kier alpha value is 0.970. The van der Waals surface area contributed by atoms with Crippen molar-refractivity contribution in [3.05, 3.63) is 0 Å². The summed E-state index contributed by atoms with van der Waals surface area (Å²) in [6, 6.07) is 0. The second kappa shape index (κ2) is 8.29. The van der Waals surface area contributed by atoms with Crippen LogP contribution >= 0.6 is 25.3 Å². The molecule has 0 spiro atoms. The molecule has 0 saturated heterocycles. The van der Waals surface area contributed by atoms with Gasteiger partial charge in [0.25, 0.3) is 0 Å². The van der Waals surface area contributed by atoms with Gasteiger partial charge in [0.1, 0.15) is 6.09 Å². The largest absolute Gasteiger partial charge is 1.00 e. The van der Waals surface area contributed by atoms with Crippen LogP contribution in [0.2, 0.25) is 0 Å². The Kier molecular flexibility index (Phi) is 10.5. The smallest absolute Gasteiger partial charge is 0.530 e. The molecule has 0 rings (SSSR count). The van der Waals surface area contributed by atoms with Crippen LogP contribution in [0.1, 0.15) is 26.7 Å². The first kappa shape index (κ1) is 16.4. The Balaban J connectivity index is 0. The number of hydrogen-bond acceptors (Lipinski definition) is 4. The van der Waals surface area contributed by atoms with Crippen LogP contribution in [-0.2, 0) is 0 Å². The van der Waals surface area contributed by atoms with Crippen molar-refractivity contribution >= 4 is 31.4 Å². The van der Waals surface area contributed by atoms with E-state index in [9.17, 15) is 9.90 Å². The van der Waals surface area contributed by atoms with Gasteiger partial charge in [-0.2, -0.15) is 25.3 Å². The molecule has 0 aliphatic carbocycles. The summed E-state index contributed by atoms with van der Waals surface area (Å²) in [5.41, 5.74) is 0. The molecular weight excluding hydrogens is 217 g/mol. The zero-order valence-corrected chi connectivity index (χ0v) is 12.0. The van der Waals surface area contributed by atoms with Crippen LogP contribution in [0.15, 0.2) is 0 Å². The molecule has 1 amide bonds. The normalized spacial score (nSPS) is 14.2. The van der Waals surface area contributed by atoms with E-state index in [1.165, 1.54) is 0 Å². The quantitative estimate of drug-likeness (QED) is 0.333. The van der Waals surface area contributed by atoms with Crippen LogP contribution in [-0.4, -0.2) is 21.7 Å². The monoisotopic (exact) mass is 231 g/mol. The summed E-state index contributed by atoms with van der Waals surface area (Å²) in [5.74, 6) is 0. The average molecular weight is 231 g/mol. The summed E-state index contributed by atoms with van der Waals surface area (Å²) < 4.78 is 0. The molecule has 0 aromatic heterocycles. The maximum Gasteiger partial charge on any atom is 1.00 e. The Morgan fingerprint density at radius 3 is 1.77 bits per heavy atom. The Bertz CT molecular complexity index is 149.